The Bertz CT molecular complexity index is 402. The molecule has 1 aliphatic rings. The number of hydrogen-bond donors (Lipinski definition) is 1. The summed E-state index contributed by atoms with van der Waals surface area (Å²) in [5, 5.41) is 0. The van der Waals surface area contributed by atoms with Gasteiger partial charge in [-0.25, -0.2) is 0 Å². The average Bonchev–Trinajstić information content (AvgIpc) is 3.36. The Kier molecular flexibility index (Phi) is 8.17. The van der Waals surface area contributed by atoms with Crippen LogP contribution in [0.5, 0.6) is 5.75 Å². The lowest BCUT2D eigenvalue weighted by Gasteiger charge is -2.21. The minimum absolute atomic E-state index is 0.817. The van der Waals surface area contributed by atoms with Crippen LogP contribution in [0.4, 0.5) is 0 Å². The van der Waals surface area contributed by atoms with Gasteiger partial charge in [0.15, 0.2) is 0 Å². The SMILES string of the molecule is CCCCCN(CCS)CCc1ccc(OCC2CC2)cc1. The van der Waals surface area contributed by atoms with Crippen molar-refractivity contribution in [1.82, 2.24) is 4.90 Å². The molecule has 1 aromatic rings. The van der Waals surface area contributed by atoms with E-state index in [9.17, 15) is 0 Å². The standard InChI is InChI=1S/C19H31NOS/c1-2-3-4-12-20(14-15-22)13-11-17-7-9-19(10-8-17)21-16-18-5-6-18/h7-10,18,22H,2-6,11-16H2,1H3. The van der Waals surface area contributed by atoms with Gasteiger partial charge < -0.3 is 9.64 Å². The van der Waals surface area contributed by atoms with Crippen LogP contribution in [0.3, 0.4) is 0 Å². The molecule has 0 amide bonds. The van der Waals surface area contributed by atoms with Crippen molar-refractivity contribution in [2.75, 3.05) is 32.0 Å². The third-order valence-electron chi connectivity index (χ3n) is 4.32. The van der Waals surface area contributed by atoms with E-state index in [-0.39, 0.29) is 0 Å². The van der Waals surface area contributed by atoms with Crippen LogP contribution in [0.2, 0.25) is 0 Å². The quantitative estimate of drug-likeness (QED) is 0.451. The van der Waals surface area contributed by atoms with Crippen LogP contribution in [0.15, 0.2) is 24.3 Å². The molecule has 0 spiro atoms. The molecule has 0 heterocycles. The van der Waals surface area contributed by atoms with E-state index in [4.69, 9.17) is 4.74 Å². The highest BCUT2D eigenvalue weighted by molar-refractivity contribution is 7.80. The van der Waals surface area contributed by atoms with Crippen LogP contribution in [0, 0.1) is 5.92 Å². The zero-order chi connectivity index (χ0) is 15.6. The van der Waals surface area contributed by atoms with Crippen molar-refractivity contribution in [2.45, 2.75) is 45.4 Å². The van der Waals surface area contributed by atoms with Gasteiger partial charge in [-0.05, 0) is 55.8 Å². The molecule has 2 nitrogen and oxygen atoms in total. The van der Waals surface area contributed by atoms with E-state index >= 15 is 0 Å². The van der Waals surface area contributed by atoms with E-state index in [1.807, 2.05) is 0 Å². The molecule has 1 aromatic carbocycles. The van der Waals surface area contributed by atoms with Gasteiger partial charge >= 0.3 is 0 Å². The highest BCUT2D eigenvalue weighted by Crippen LogP contribution is 2.29. The number of nitrogens with zero attached hydrogens (tertiary/aromatic N) is 1. The number of unbranched alkanes of at least 4 members (excludes halogenated alkanes) is 2. The molecule has 0 aliphatic heterocycles. The third kappa shape index (κ3) is 7.06. The number of ether oxygens (including phenoxy) is 1. The van der Waals surface area contributed by atoms with E-state index < -0.39 is 0 Å². The van der Waals surface area contributed by atoms with Crippen molar-refractivity contribution in [3.8, 4) is 5.75 Å². The van der Waals surface area contributed by atoms with Crippen molar-refractivity contribution in [3.05, 3.63) is 29.8 Å². The Balaban J connectivity index is 1.70. The smallest absolute Gasteiger partial charge is 0.119 e. The summed E-state index contributed by atoms with van der Waals surface area (Å²) < 4.78 is 5.79. The van der Waals surface area contributed by atoms with Crippen LogP contribution in [0.1, 0.15) is 44.6 Å². The van der Waals surface area contributed by atoms with Gasteiger partial charge in [0.05, 0.1) is 6.61 Å². The molecular formula is C19H31NOS. The third-order valence-corrected chi connectivity index (χ3v) is 4.52. The van der Waals surface area contributed by atoms with Crippen molar-refractivity contribution < 1.29 is 4.74 Å². The number of thiol groups is 1. The van der Waals surface area contributed by atoms with E-state index in [1.54, 1.807) is 0 Å². The Morgan fingerprint density at radius 1 is 1.09 bits per heavy atom. The van der Waals surface area contributed by atoms with Gasteiger partial charge in [-0.2, -0.15) is 12.6 Å². The molecule has 0 radical (unpaired) electrons. The Labute approximate surface area is 141 Å². The Hall–Kier alpha value is -0.670. The van der Waals surface area contributed by atoms with Gasteiger partial charge in [0.25, 0.3) is 0 Å². The highest BCUT2D eigenvalue weighted by Gasteiger charge is 2.21. The zero-order valence-corrected chi connectivity index (χ0v) is 14.9. The first kappa shape index (κ1) is 17.7. The fourth-order valence-electron chi connectivity index (χ4n) is 2.60. The van der Waals surface area contributed by atoms with Crippen LogP contribution < -0.4 is 4.74 Å². The maximum Gasteiger partial charge on any atom is 0.119 e. The van der Waals surface area contributed by atoms with Gasteiger partial charge in [0.2, 0.25) is 0 Å². The van der Waals surface area contributed by atoms with E-state index in [0.29, 0.717) is 0 Å². The van der Waals surface area contributed by atoms with Crippen molar-refractivity contribution >= 4 is 12.6 Å². The number of benzene rings is 1. The molecule has 0 atom stereocenters. The first-order chi connectivity index (χ1) is 10.8. The lowest BCUT2D eigenvalue weighted by Crippen LogP contribution is -2.29. The first-order valence-electron chi connectivity index (χ1n) is 8.86. The number of hydrogen-bond acceptors (Lipinski definition) is 3. The molecule has 1 fully saturated rings. The van der Waals surface area contributed by atoms with Crippen molar-refractivity contribution in [3.63, 3.8) is 0 Å². The highest BCUT2D eigenvalue weighted by atomic mass is 32.1. The zero-order valence-electron chi connectivity index (χ0n) is 14.0. The fraction of sp³-hybridized carbons (Fsp3) is 0.684. The van der Waals surface area contributed by atoms with E-state index in [1.165, 1.54) is 44.2 Å². The minimum Gasteiger partial charge on any atom is -0.493 e. The predicted molar refractivity (Wildman–Crippen MR) is 98.2 cm³/mol. The Morgan fingerprint density at radius 3 is 2.50 bits per heavy atom. The molecule has 1 saturated carbocycles. The monoisotopic (exact) mass is 321 g/mol. The van der Waals surface area contributed by atoms with Crippen molar-refractivity contribution in [1.29, 1.82) is 0 Å². The van der Waals surface area contributed by atoms with E-state index in [0.717, 1.165) is 43.5 Å². The largest absolute Gasteiger partial charge is 0.493 e. The molecule has 0 saturated heterocycles. The van der Waals surface area contributed by atoms with Crippen LogP contribution in [0.25, 0.3) is 0 Å². The van der Waals surface area contributed by atoms with Crippen LogP contribution in [-0.4, -0.2) is 36.9 Å². The topological polar surface area (TPSA) is 12.5 Å². The molecule has 3 heteroatoms. The van der Waals surface area contributed by atoms with Crippen LogP contribution in [-0.2, 0) is 6.42 Å². The fourth-order valence-corrected chi connectivity index (χ4v) is 2.88. The van der Waals surface area contributed by atoms with Gasteiger partial charge in [-0.15, -0.1) is 0 Å². The number of rotatable bonds is 12. The van der Waals surface area contributed by atoms with E-state index in [2.05, 4.69) is 48.7 Å². The summed E-state index contributed by atoms with van der Waals surface area (Å²) in [6.45, 7) is 6.58. The normalized spacial score (nSPS) is 14.5. The molecule has 1 aliphatic carbocycles. The summed E-state index contributed by atoms with van der Waals surface area (Å²) in [5.41, 5.74) is 1.40. The Morgan fingerprint density at radius 2 is 1.86 bits per heavy atom. The molecule has 0 aromatic heterocycles. The molecule has 124 valence electrons. The summed E-state index contributed by atoms with van der Waals surface area (Å²) in [4.78, 5) is 2.54. The molecular weight excluding hydrogens is 290 g/mol. The van der Waals surface area contributed by atoms with Gasteiger partial charge in [-0.1, -0.05) is 31.9 Å². The predicted octanol–water partition coefficient (Wildman–Crippen LogP) is 4.44. The summed E-state index contributed by atoms with van der Waals surface area (Å²) in [7, 11) is 0. The van der Waals surface area contributed by atoms with Gasteiger partial charge in [0, 0.05) is 18.8 Å². The van der Waals surface area contributed by atoms with Gasteiger partial charge in [0.1, 0.15) is 5.75 Å². The summed E-state index contributed by atoms with van der Waals surface area (Å²) in [6, 6.07) is 8.68. The lowest BCUT2D eigenvalue weighted by atomic mass is 10.1. The maximum absolute atomic E-state index is 5.79. The molecule has 0 unspecified atom stereocenters. The molecule has 0 N–H and O–H groups in total. The molecule has 2 rings (SSSR count). The maximum atomic E-state index is 5.79. The first-order valence-corrected chi connectivity index (χ1v) is 9.50. The second-order valence-corrected chi connectivity index (χ2v) is 6.87. The summed E-state index contributed by atoms with van der Waals surface area (Å²) in [6.07, 6.45) is 7.72. The van der Waals surface area contributed by atoms with Gasteiger partial charge in [-0.3, -0.25) is 0 Å². The molecule has 22 heavy (non-hydrogen) atoms. The minimum atomic E-state index is 0.817. The second kappa shape index (κ2) is 10.2. The second-order valence-electron chi connectivity index (χ2n) is 6.42. The average molecular weight is 322 g/mol. The summed E-state index contributed by atoms with van der Waals surface area (Å²) in [5.74, 6) is 2.78. The lowest BCUT2D eigenvalue weighted by molar-refractivity contribution is 0.287. The molecule has 0 bridgehead atoms. The summed E-state index contributed by atoms with van der Waals surface area (Å²) >= 11 is 4.39. The van der Waals surface area contributed by atoms with Crippen LogP contribution >= 0.6 is 12.6 Å². The van der Waals surface area contributed by atoms with Crippen molar-refractivity contribution in [2.24, 2.45) is 5.92 Å².